The van der Waals surface area contributed by atoms with Crippen LogP contribution in [-0.2, 0) is 28.6 Å². The molecule has 0 spiro atoms. The molecular formula is C47H75NO17. The van der Waals surface area contributed by atoms with Gasteiger partial charge < -0.3 is 76.1 Å². The molecule has 2 aliphatic heterocycles. The lowest BCUT2D eigenvalue weighted by molar-refractivity contribution is -0.277. The number of nitrogens with two attached hydrogens (primary N) is 1. The number of hydrogen-bond acceptors (Lipinski definition) is 17. The van der Waals surface area contributed by atoms with E-state index in [-0.39, 0.29) is 31.6 Å². The minimum absolute atomic E-state index is 0.144. The average Bonchev–Trinajstić information content (AvgIpc) is 3.22. The second-order valence-electron chi connectivity index (χ2n) is 17.4. The maximum Gasteiger partial charge on any atom is 0.311 e. The third kappa shape index (κ3) is 21.4. The van der Waals surface area contributed by atoms with Crippen molar-refractivity contribution >= 4 is 17.7 Å². The van der Waals surface area contributed by atoms with E-state index in [9.17, 15) is 70.6 Å². The highest BCUT2D eigenvalue weighted by molar-refractivity contribution is 5.81. The van der Waals surface area contributed by atoms with Gasteiger partial charge in [0.05, 0.1) is 79.6 Å². The number of hydrogen-bond donors (Lipinski definition) is 12. The van der Waals surface area contributed by atoms with Crippen LogP contribution >= 0.6 is 0 Å². The van der Waals surface area contributed by atoms with Crippen molar-refractivity contribution in [3.63, 3.8) is 0 Å². The quantitative estimate of drug-likeness (QED) is 0.174. The van der Waals surface area contributed by atoms with Gasteiger partial charge in [-0.2, -0.15) is 0 Å². The fraction of sp³-hybridized carbons (Fsp3) is 0.681. The van der Waals surface area contributed by atoms with Gasteiger partial charge in [-0.15, -0.1) is 0 Å². The zero-order valence-corrected chi connectivity index (χ0v) is 37.8. The number of carbonyl (C=O) groups excluding carboxylic acids is 2. The SMILES string of the molecule is C[C@@H]1[C@H](O)[C@H](C)C=CC=CCCC=CC=CC=CC=C[C@H](O[C@@H]2O[C@H](C)[C@H](O)[C@H](N)[C@@H]2O)C[C@H](O)[C@H](C(=O)O)[C@H](O)CC(=O)C[C@H](O)[C@H](O)CC[C@H](O)C[C@H](O)C[C@H](O)CC(=O)O[C@@H]1C. The largest absolute Gasteiger partial charge is 0.481 e. The van der Waals surface area contributed by atoms with Crippen LogP contribution < -0.4 is 5.73 Å². The van der Waals surface area contributed by atoms with E-state index in [1.165, 1.54) is 13.0 Å². The lowest BCUT2D eigenvalue weighted by atomic mass is 9.88. The minimum atomic E-state index is -1.95. The van der Waals surface area contributed by atoms with Crippen LogP contribution in [0.2, 0.25) is 0 Å². The highest BCUT2D eigenvalue weighted by Gasteiger charge is 2.43. The normalized spacial score (nSPS) is 39.6. The molecule has 0 unspecified atom stereocenters. The van der Waals surface area contributed by atoms with Crippen molar-refractivity contribution < 1.29 is 84.8 Å². The zero-order chi connectivity index (χ0) is 48.8. The molecule has 0 saturated carbocycles. The topological polar surface area (TPSA) is 327 Å². The molecule has 2 rings (SSSR count). The van der Waals surface area contributed by atoms with Crippen molar-refractivity contribution in [2.24, 2.45) is 23.5 Å². The summed E-state index contributed by atoms with van der Waals surface area (Å²) in [6, 6.07) is -1.15. The first-order valence-corrected chi connectivity index (χ1v) is 22.4. The molecule has 0 aromatic heterocycles. The number of carboxylic acid groups (broad SMARTS) is 1. The number of Topliss-reactive ketones (excluding diaryl/α,β-unsaturated/α-hetero) is 1. The number of allylic oxidation sites excluding steroid dienone is 10. The number of rotatable bonds is 3. The molecule has 0 aromatic rings. The fourth-order valence-electron chi connectivity index (χ4n) is 7.45. The standard InChI is InChI=1S/C47H75NO17/c1-27-17-15-13-11-9-7-5-6-8-10-12-14-16-18-35(65-47-45(60)42(48)44(59)30(4)64-47)26-39(56)41(46(61)62)38(55)24-34(52)23-37(54)36(53)20-19-31(49)21-32(50)22-33(51)25-40(57)63-29(3)28(2)43(27)58/h5-6,8,10-18,27-33,35-39,41-45,47,49-51,53-56,58-60H,7,9,19-26,48H2,1-4H3,(H,61,62)/t27-,28+,29-,30-,31+,32+,33+,35+,36-,37+,38-,39+,41-,42+,43-,44+,45+,47+/m1/s1. The Morgan fingerprint density at radius 1 is 0.615 bits per heavy atom. The molecule has 370 valence electrons. The molecule has 0 radical (unpaired) electrons. The van der Waals surface area contributed by atoms with E-state index in [0.29, 0.717) is 0 Å². The highest BCUT2D eigenvalue weighted by atomic mass is 16.7. The van der Waals surface area contributed by atoms with Gasteiger partial charge in [0, 0.05) is 31.1 Å². The summed E-state index contributed by atoms with van der Waals surface area (Å²) in [5, 5.41) is 116. The Bertz CT molecular complexity index is 1600. The third-order valence-corrected chi connectivity index (χ3v) is 11.7. The van der Waals surface area contributed by atoms with Gasteiger partial charge in [0.2, 0.25) is 0 Å². The molecular weight excluding hydrogens is 851 g/mol. The van der Waals surface area contributed by atoms with Crippen molar-refractivity contribution in [3.05, 3.63) is 72.9 Å². The summed E-state index contributed by atoms with van der Waals surface area (Å²) in [7, 11) is 0. The third-order valence-electron chi connectivity index (χ3n) is 11.7. The van der Waals surface area contributed by atoms with E-state index in [1.807, 2.05) is 43.4 Å². The first-order chi connectivity index (χ1) is 30.6. The molecule has 2 aliphatic rings. The zero-order valence-electron chi connectivity index (χ0n) is 37.8. The Hall–Kier alpha value is -3.47. The van der Waals surface area contributed by atoms with Crippen LogP contribution in [0.5, 0.6) is 0 Å². The molecule has 18 heteroatoms. The summed E-state index contributed by atoms with van der Waals surface area (Å²) < 4.78 is 17.0. The number of esters is 1. The maximum absolute atomic E-state index is 12.9. The lowest BCUT2D eigenvalue weighted by Crippen LogP contribution is -2.61. The molecule has 0 bridgehead atoms. The number of ketones is 1. The summed E-state index contributed by atoms with van der Waals surface area (Å²) in [5.74, 6) is -5.88. The molecule has 18 nitrogen and oxygen atoms in total. The second-order valence-corrected chi connectivity index (χ2v) is 17.4. The van der Waals surface area contributed by atoms with Crippen LogP contribution in [0.3, 0.4) is 0 Å². The molecule has 2 heterocycles. The van der Waals surface area contributed by atoms with Crippen LogP contribution in [0.25, 0.3) is 0 Å². The van der Waals surface area contributed by atoms with Gasteiger partial charge >= 0.3 is 11.9 Å². The van der Waals surface area contributed by atoms with Crippen molar-refractivity contribution in [1.82, 2.24) is 0 Å². The predicted molar refractivity (Wildman–Crippen MR) is 238 cm³/mol. The van der Waals surface area contributed by atoms with Gasteiger partial charge in [0.25, 0.3) is 0 Å². The van der Waals surface area contributed by atoms with E-state index in [1.54, 1.807) is 44.2 Å². The van der Waals surface area contributed by atoms with Gasteiger partial charge in [-0.3, -0.25) is 14.4 Å². The van der Waals surface area contributed by atoms with Crippen LogP contribution in [0, 0.1) is 17.8 Å². The molecule has 0 aromatic carbocycles. The van der Waals surface area contributed by atoms with Gasteiger partial charge in [-0.25, -0.2) is 0 Å². The smallest absolute Gasteiger partial charge is 0.311 e. The summed E-state index contributed by atoms with van der Waals surface area (Å²) >= 11 is 0. The molecule has 1 fully saturated rings. The van der Waals surface area contributed by atoms with Crippen LogP contribution in [0.4, 0.5) is 0 Å². The van der Waals surface area contributed by atoms with Crippen molar-refractivity contribution in [1.29, 1.82) is 0 Å². The maximum atomic E-state index is 12.9. The molecule has 13 N–H and O–H groups in total. The van der Waals surface area contributed by atoms with E-state index in [2.05, 4.69) is 0 Å². The predicted octanol–water partition coefficient (Wildman–Crippen LogP) is 0.778. The van der Waals surface area contributed by atoms with Gasteiger partial charge in [0.1, 0.15) is 23.9 Å². The van der Waals surface area contributed by atoms with Crippen molar-refractivity contribution in [2.75, 3.05) is 0 Å². The van der Waals surface area contributed by atoms with Gasteiger partial charge in [-0.05, 0) is 52.4 Å². The Morgan fingerprint density at radius 3 is 1.83 bits per heavy atom. The number of aliphatic hydroxyl groups excluding tert-OH is 10. The lowest BCUT2D eigenvalue weighted by Gasteiger charge is -2.41. The van der Waals surface area contributed by atoms with Crippen LogP contribution in [0.1, 0.15) is 91.9 Å². The summed E-state index contributed by atoms with van der Waals surface area (Å²) in [6.07, 6.45) is 0.848. The molecule has 0 aliphatic carbocycles. The van der Waals surface area contributed by atoms with Gasteiger partial charge in [-0.1, -0.05) is 86.8 Å². The van der Waals surface area contributed by atoms with Crippen molar-refractivity contribution in [2.45, 2.75) is 184 Å². The second kappa shape index (κ2) is 30.0. The average molecular weight is 926 g/mol. The number of carbonyl (C=O) groups is 3. The highest BCUT2D eigenvalue weighted by Crippen LogP contribution is 2.26. The number of carboxylic acids is 1. The molecule has 1 saturated heterocycles. The monoisotopic (exact) mass is 926 g/mol. The summed E-state index contributed by atoms with van der Waals surface area (Å²) in [5.41, 5.74) is 5.96. The number of aliphatic carboxylic acids is 1. The Morgan fingerprint density at radius 2 is 1.18 bits per heavy atom. The first kappa shape index (κ1) is 57.7. The van der Waals surface area contributed by atoms with Crippen LogP contribution in [-0.4, -0.2) is 166 Å². The number of aliphatic hydroxyl groups is 10. The van der Waals surface area contributed by atoms with Gasteiger partial charge in [0.15, 0.2) is 6.29 Å². The molecule has 18 atom stereocenters. The number of ether oxygens (including phenoxy) is 3. The molecule has 65 heavy (non-hydrogen) atoms. The minimum Gasteiger partial charge on any atom is -0.481 e. The first-order valence-electron chi connectivity index (χ1n) is 22.4. The number of cyclic esters (lactones) is 1. The Labute approximate surface area is 381 Å². The summed E-state index contributed by atoms with van der Waals surface area (Å²) in [4.78, 5) is 37.8. The Kier molecular flexibility index (Phi) is 26.6. The summed E-state index contributed by atoms with van der Waals surface area (Å²) in [6.45, 7) is 6.73. The van der Waals surface area contributed by atoms with E-state index in [0.717, 1.165) is 12.8 Å². The van der Waals surface area contributed by atoms with E-state index in [4.69, 9.17) is 19.9 Å². The Balaban J connectivity index is 2.26. The fourth-order valence-corrected chi connectivity index (χ4v) is 7.45. The van der Waals surface area contributed by atoms with Crippen LogP contribution in [0.15, 0.2) is 72.9 Å². The van der Waals surface area contributed by atoms with Crippen molar-refractivity contribution in [3.8, 4) is 0 Å². The van der Waals surface area contributed by atoms with E-state index >= 15 is 0 Å². The molecule has 0 amide bonds. The van der Waals surface area contributed by atoms with E-state index < -0.39 is 147 Å².